The van der Waals surface area contributed by atoms with Crippen molar-refractivity contribution < 1.29 is 4.39 Å². The van der Waals surface area contributed by atoms with Crippen LogP contribution in [0.4, 0.5) is 10.1 Å². The molecule has 0 spiro atoms. The molecular formula is C19H22FN3S. The minimum atomic E-state index is -0.192. The van der Waals surface area contributed by atoms with Crippen molar-refractivity contribution in [3.8, 4) is 0 Å². The largest absolute Gasteiger partial charge is 0.336 e. The Morgan fingerprint density at radius 2 is 1.96 bits per heavy atom. The maximum atomic E-state index is 13.0. The summed E-state index contributed by atoms with van der Waals surface area (Å²) in [6.07, 6.45) is 1.07. The van der Waals surface area contributed by atoms with E-state index in [2.05, 4.69) is 34.2 Å². The number of benzene rings is 2. The van der Waals surface area contributed by atoms with Crippen molar-refractivity contribution in [2.75, 3.05) is 25.1 Å². The van der Waals surface area contributed by atoms with Gasteiger partial charge < -0.3 is 10.2 Å². The molecule has 126 valence electrons. The SMILES string of the molecule is Cc1cccc(NC(=S)N2CCCN(Cc3ccc(F)cc3)C2)c1. The van der Waals surface area contributed by atoms with Gasteiger partial charge in [-0.3, -0.25) is 4.90 Å². The molecule has 1 aliphatic rings. The van der Waals surface area contributed by atoms with Gasteiger partial charge in [-0.1, -0.05) is 24.3 Å². The predicted octanol–water partition coefficient (Wildman–Crippen LogP) is 4.00. The van der Waals surface area contributed by atoms with Crippen LogP contribution >= 0.6 is 12.2 Å². The fourth-order valence-electron chi connectivity index (χ4n) is 2.94. The molecule has 0 atom stereocenters. The van der Waals surface area contributed by atoms with E-state index in [0.29, 0.717) is 0 Å². The Balaban J connectivity index is 1.58. The first-order valence-electron chi connectivity index (χ1n) is 8.19. The summed E-state index contributed by atoms with van der Waals surface area (Å²) < 4.78 is 13.0. The summed E-state index contributed by atoms with van der Waals surface area (Å²) in [5, 5.41) is 4.08. The van der Waals surface area contributed by atoms with Gasteiger partial charge in [-0.15, -0.1) is 0 Å². The maximum Gasteiger partial charge on any atom is 0.174 e. The highest BCUT2D eigenvalue weighted by molar-refractivity contribution is 7.80. The molecule has 0 radical (unpaired) electrons. The van der Waals surface area contributed by atoms with Crippen molar-refractivity contribution >= 4 is 23.0 Å². The lowest BCUT2D eigenvalue weighted by molar-refractivity contribution is 0.134. The molecule has 0 aliphatic carbocycles. The van der Waals surface area contributed by atoms with Gasteiger partial charge in [0.1, 0.15) is 5.82 Å². The van der Waals surface area contributed by atoms with Crippen LogP contribution in [0.1, 0.15) is 17.5 Å². The Morgan fingerprint density at radius 1 is 1.17 bits per heavy atom. The van der Waals surface area contributed by atoms with Crippen LogP contribution in [-0.4, -0.2) is 34.7 Å². The topological polar surface area (TPSA) is 18.5 Å². The number of thiocarbonyl (C=S) groups is 1. The standard InChI is InChI=1S/C19H22FN3S/c1-15-4-2-5-18(12-15)21-19(24)23-11-3-10-22(14-23)13-16-6-8-17(20)9-7-16/h2,4-9,12H,3,10-11,13-14H2,1H3,(H,21,24). The number of hydrogen-bond donors (Lipinski definition) is 1. The molecule has 3 rings (SSSR count). The van der Waals surface area contributed by atoms with Crippen LogP contribution in [0.5, 0.6) is 0 Å². The van der Waals surface area contributed by atoms with Crippen LogP contribution < -0.4 is 5.32 Å². The van der Waals surface area contributed by atoms with Gasteiger partial charge in [-0.05, 0) is 61.0 Å². The third kappa shape index (κ3) is 4.52. The quantitative estimate of drug-likeness (QED) is 0.849. The van der Waals surface area contributed by atoms with Gasteiger partial charge >= 0.3 is 0 Å². The molecule has 0 amide bonds. The van der Waals surface area contributed by atoms with E-state index in [1.165, 1.54) is 17.7 Å². The van der Waals surface area contributed by atoms with Crippen LogP contribution in [0.3, 0.4) is 0 Å². The first kappa shape index (κ1) is 16.9. The number of rotatable bonds is 3. The Labute approximate surface area is 148 Å². The number of hydrogen-bond acceptors (Lipinski definition) is 2. The summed E-state index contributed by atoms with van der Waals surface area (Å²) >= 11 is 5.57. The van der Waals surface area contributed by atoms with Gasteiger partial charge in [0, 0.05) is 25.3 Å². The van der Waals surface area contributed by atoms with Gasteiger partial charge in [0.05, 0.1) is 6.67 Å². The molecule has 1 fully saturated rings. The molecule has 1 aliphatic heterocycles. The predicted molar refractivity (Wildman–Crippen MR) is 100 cm³/mol. The molecule has 2 aromatic rings. The van der Waals surface area contributed by atoms with Gasteiger partial charge in [0.2, 0.25) is 0 Å². The lowest BCUT2D eigenvalue weighted by Crippen LogP contribution is -2.48. The number of aryl methyl sites for hydroxylation is 1. The summed E-state index contributed by atoms with van der Waals surface area (Å²) in [4.78, 5) is 4.52. The molecular weight excluding hydrogens is 321 g/mol. The zero-order valence-electron chi connectivity index (χ0n) is 13.8. The second-order valence-electron chi connectivity index (χ2n) is 6.24. The Bertz CT molecular complexity index is 702. The van der Waals surface area contributed by atoms with E-state index < -0.39 is 0 Å². The fraction of sp³-hybridized carbons (Fsp3) is 0.316. The van der Waals surface area contributed by atoms with Gasteiger partial charge in [0.25, 0.3) is 0 Å². The third-order valence-electron chi connectivity index (χ3n) is 4.15. The zero-order chi connectivity index (χ0) is 16.9. The van der Waals surface area contributed by atoms with Crippen molar-refractivity contribution in [2.45, 2.75) is 19.9 Å². The molecule has 0 bridgehead atoms. The summed E-state index contributed by atoms with van der Waals surface area (Å²) in [6.45, 7) is 5.65. The smallest absolute Gasteiger partial charge is 0.174 e. The Morgan fingerprint density at radius 3 is 2.71 bits per heavy atom. The normalized spacial score (nSPS) is 15.3. The maximum absolute atomic E-state index is 13.0. The van der Waals surface area contributed by atoms with Crippen LogP contribution in [-0.2, 0) is 6.54 Å². The highest BCUT2D eigenvalue weighted by Crippen LogP contribution is 2.15. The van der Waals surface area contributed by atoms with Gasteiger partial charge in [-0.2, -0.15) is 0 Å². The van der Waals surface area contributed by atoms with E-state index in [1.54, 1.807) is 0 Å². The Kier molecular flexibility index (Phi) is 5.43. The van der Waals surface area contributed by atoms with Crippen molar-refractivity contribution in [3.63, 3.8) is 0 Å². The van der Waals surface area contributed by atoms with Crippen LogP contribution in [0.15, 0.2) is 48.5 Å². The number of nitrogens with zero attached hydrogens (tertiary/aromatic N) is 2. The summed E-state index contributed by atoms with van der Waals surface area (Å²) in [7, 11) is 0. The second-order valence-corrected chi connectivity index (χ2v) is 6.62. The molecule has 3 nitrogen and oxygen atoms in total. The lowest BCUT2D eigenvalue weighted by Gasteiger charge is -2.37. The van der Waals surface area contributed by atoms with E-state index in [0.717, 1.165) is 49.1 Å². The molecule has 2 aromatic carbocycles. The molecule has 0 unspecified atom stereocenters. The minimum Gasteiger partial charge on any atom is -0.336 e. The van der Waals surface area contributed by atoms with E-state index in [4.69, 9.17) is 12.2 Å². The first-order chi connectivity index (χ1) is 11.6. The number of halogens is 1. The fourth-order valence-corrected chi connectivity index (χ4v) is 3.20. The summed E-state index contributed by atoms with van der Waals surface area (Å²) in [5.41, 5.74) is 3.35. The Hall–Kier alpha value is -1.98. The molecule has 1 heterocycles. The van der Waals surface area contributed by atoms with E-state index >= 15 is 0 Å². The third-order valence-corrected chi connectivity index (χ3v) is 4.51. The molecule has 24 heavy (non-hydrogen) atoms. The monoisotopic (exact) mass is 343 g/mol. The molecule has 0 saturated carbocycles. The summed E-state index contributed by atoms with van der Waals surface area (Å²) in [5.74, 6) is -0.192. The minimum absolute atomic E-state index is 0.192. The van der Waals surface area contributed by atoms with Crippen molar-refractivity contribution in [1.82, 2.24) is 9.80 Å². The molecule has 5 heteroatoms. The average molecular weight is 343 g/mol. The average Bonchev–Trinajstić information content (AvgIpc) is 2.57. The molecule has 1 saturated heterocycles. The van der Waals surface area contributed by atoms with E-state index in [-0.39, 0.29) is 5.82 Å². The molecule has 1 N–H and O–H groups in total. The van der Waals surface area contributed by atoms with Crippen molar-refractivity contribution in [3.05, 3.63) is 65.5 Å². The van der Waals surface area contributed by atoms with Crippen molar-refractivity contribution in [2.24, 2.45) is 0 Å². The van der Waals surface area contributed by atoms with Crippen molar-refractivity contribution in [1.29, 1.82) is 0 Å². The first-order valence-corrected chi connectivity index (χ1v) is 8.60. The number of nitrogens with one attached hydrogen (secondary N) is 1. The van der Waals surface area contributed by atoms with Crippen LogP contribution in [0.25, 0.3) is 0 Å². The number of anilines is 1. The second kappa shape index (κ2) is 7.73. The van der Waals surface area contributed by atoms with Crippen LogP contribution in [0, 0.1) is 12.7 Å². The summed E-state index contributed by atoms with van der Waals surface area (Å²) in [6, 6.07) is 14.9. The zero-order valence-corrected chi connectivity index (χ0v) is 14.7. The lowest BCUT2D eigenvalue weighted by atomic mass is 10.2. The molecule has 0 aromatic heterocycles. The van der Waals surface area contributed by atoms with Gasteiger partial charge in [-0.25, -0.2) is 4.39 Å². The van der Waals surface area contributed by atoms with E-state index in [1.807, 2.05) is 24.3 Å². The van der Waals surface area contributed by atoms with Crippen LogP contribution in [0.2, 0.25) is 0 Å². The van der Waals surface area contributed by atoms with Gasteiger partial charge in [0.15, 0.2) is 5.11 Å². The van der Waals surface area contributed by atoms with E-state index in [9.17, 15) is 4.39 Å². The highest BCUT2D eigenvalue weighted by Gasteiger charge is 2.19. The highest BCUT2D eigenvalue weighted by atomic mass is 32.1.